The summed E-state index contributed by atoms with van der Waals surface area (Å²) in [7, 11) is 0. The Bertz CT molecular complexity index is 3040. The first-order valence-corrected chi connectivity index (χ1v) is 19.9. The molecule has 4 fully saturated rings. The van der Waals surface area contributed by atoms with Crippen molar-refractivity contribution in [3.63, 3.8) is 0 Å². The zero-order valence-corrected chi connectivity index (χ0v) is 30.2. The van der Waals surface area contributed by atoms with Crippen LogP contribution in [0.1, 0.15) is 43.2 Å². The quantitative estimate of drug-likeness (QED) is 0.183. The van der Waals surface area contributed by atoms with Crippen LogP contribution in [-0.2, 0) is 5.41 Å². The predicted octanol–water partition coefficient (Wildman–Crippen LogP) is 12.2. The van der Waals surface area contributed by atoms with Crippen LogP contribution in [0.3, 0.4) is 0 Å². The van der Waals surface area contributed by atoms with Crippen LogP contribution in [0.15, 0.2) is 138 Å². The monoisotopic (exact) mass is 708 g/mol. The summed E-state index contributed by atoms with van der Waals surface area (Å²) < 4.78 is 7.12. The number of rotatable bonds is 3. The lowest BCUT2D eigenvalue weighted by Gasteiger charge is -2.61. The van der Waals surface area contributed by atoms with Crippen molar-refractivity contribution in [2.75, 3.05) is 0 Å². The van der Waals surface area contributed by atoms with Gasteiger partial charge in [-0.15, -0.1) is 0 Å². The van der Waals surface area contributed by atoms with Crippen LogP contribution in [0, 0.1) is 23.7 Å². The fraction of sp³-hybridized carbons (Fsp3) is 0.200. The number of hydrogen-bond donors (Lipinski definition) is 0. The maximum atomic E-state index is 7.12. The second kappa shape index (κ2) is 10.9. The summed E-state index contributed by atoms with van der Waals surface area (Å²) in [5, 5.41) is 7.16. The number of furan rings is 1. The van der Waals surface area contributed by atoms with Gasteiger partial charge in [-0.05, 0) is 112 Å². The second-order valence-electron chi connectivity index (χ2n) is 16.6. The first kappa shape index (κ1) is 30.2. The number of fused-ring (bicyclic) bond motifs is 10. The molecule has 14 rings (SSSR count). The molecule has 5 nitrogen and oxygen atoms in total. The maximum absolute atomic E-state index is 7.12. The first-order valence-electron chi connectivity index (χ1n) is 19.9. The molecule has 0 unspecified atom stereocenters. The Labute approximate surface area is 318 Å². The molecule has 0 atom stereocenters. The van der Waals surface area contributed by atoms with Gasteiger partial charge in [-0.1, -0.05) is 103 Å². The minimum atomic E-state index is 0.0230. The molecule has 0 saturated heterocycles. The van der Waals surface area contributed by atoms with Crippen LogP contribution in [0.4, 0.5) is 0 Å². The van der Waals surface area contributed by atoms with Gasteiger partial charge >= 0.3 is 0 Å². The minimum absolute atomic E-state index is 0.0230. The van der Waals surface area contributed by atoms with E-state index < -0.39 is 0 Å². The summed E-state index contributed by atoms with van der Waals surface area (Å²) in [5.41, 5.74) is 10.3. The van der Waals surface area contributed by atoms with E-state index >= 15 is 0 Å². The van der Waals surface area contributed by atoms with E-state index in [0.29, 0.717) is 29.3 Å². The van der Waals surface area contributed by atoms with Gasteiger partial charge in [-0.2, -0.15) is 0 Å². The standard InChI is InChI=1S/C50H36N4O/c1-3-12-35-30(8-1)10-5-14-37(35)48-52-47(32-11-7-21-51-27-32)53-49(54-48)40-15-6-16-42-43(40)39-19-20-41-44(46(39)55-42)38-18-17-31-9-2-4-13-36(31)45(38)50(41)33-23-28-22-29(25-33)26-34(50)24-28/h1-21,27-29,33-34H,22-26H2. The summed E-state index contributed by atoms with van der Waals surface area (Å²) in [6.45, 7) is 0. The van der Waals surface area contributed by atoms with E-state index in [4.69, 9.17) is 19.4 Å². The molecule has 0 N–H and O–H groups in total. The minimum Gasteiger partial charge on any atom is -0.455 e. The van der Waals surface area contributed by atoms with Gasteiger partial charge in [-0.25, -0.2) is 15.0 Å². The molecule has 262 valence electrons. The summed E-state index contributed by atoms with van der Waals surface area (Å²) in [4.78, 5) is 19.9. The van der Waals surface area contributed by atoms with Gasteiger partial charge in [0.25, 0.3) is 0 Å². The lowest BCUT2D eigenvalue weighted by Crippen LogP contribution is -2.55. The van der Waals surface area contributed by atoms with E-state index in [9.17, 15) is 0 Å². The Kier molecular flexibility index (Phi) is 6.00. The molecule has 0 radical (unpaired) electrons. The highest BCUT2D eigenvalue weighted by molar-refractivity contribution is 6.17. The SMILES string of the molecule is c1cncc(-c2nc(-c3cccc4ccccc34)nc(-c3cccc4oc5c6c(ccc5c34)C3(c4c-6ccc5ccccc45)C4CC5CC(C4)CC3C5)n2)c1. The number of hydrogen-bond acceptors (Lipinski definition) is 5. The average Bonchev–Trinajstić information content (AvgIpc) is 3.77. The smallest absolute Gasteiger partial charge is 0.165 e. The summed E-state index contributed by atoms with van der Waals surface area (Å²) in [6, 6.07) is 43.7. The van der Waals surface area contributed by atoms with Crippen LogP contribution in [0.2, 0.25) is 0 Å². The Morgan fingerprint density at radius 2 is 1.22 bits per heavy atom. The summed E-state index contributed by atoms with van der Waals surface area (Å²) in [5.74, 6) is 4.93. The summed E-state index contributed by atoms with van der Waals surface area (Å²) >= 11 is 0. The highest BCUT2D eigenvalue weighted by Gasteiger charge is 2.62. The topological polar surface area (TPSA) is 64.7 Å². The normalized spacial score (nSPS) is 23.3. The molecule has 6 aromatic carbocycles. The molecular formula is C50H36N4O. The first-order chi connectivity index (χ1) is 27.2. The fourth-order valence-electron chi connectivity index (χ4n) is 12.2. The highest BCUT2D eigenvalue weighted by atomic mass is 16.3. The van der Waals surface area contributed by atoms with Crippen molar-refractivity contribution >= 4 is 43.5 Å². The molecule has 0 amide bonds. The van der Waals surface area contributed by atoms with E-state index in [2.05, 4.69) is 114 Å². The molecule has 0 aliphatic heterocycles. The third kappa shape index (κ3) is 4.03. The largest absolute Gasteiger partial charge is 0.455 e. The van der Waals surface area contributed by atoms with Crippen LogP contribution >= 0.6 is 0 Å². The van der Waals surface area contributed by atoms with Crippen molar-refractivity contribution < 1.29 is 4.42 Å². The molecule has 3 aromatic heterocycles. The molecular weight excluding hydrogens is 673 g/mol. The van der Waals surface area contributed by atoms with Gasteiger partial charge in [-0.3, -0.25) is 4.98 Å². The lowest BCUT2D eigenvalue weighted by atomic mass is 9.43. The Morgan fingerprint density at radius 3 is 2.02 bits per heavy atom. The third-order valence-electron chi connectivity index (χ3n) is 14.0. The van der Waals surface area contributed by atoms with Crippen LogP contribution in [0.25, 0.3) is 88.8 Å². The van der Waals surface area contributed by atoms with Crippen molar-refractivity contribution in [1.82, 2.24) is 19.9 Å². The predicted molar refractivity (Wildman–Crippen MR) is 219 cm³/mol. The Balaban J connectivity index is 1.08. The lowest BCUT2D eigenvalue weighted by molar-refractivity contribution is -0.0393. The Morgan fingerprint density at radius 1 is 0.527 bits per heavy atom. The van der Waals surface area contributed by atoms with Gasteiger partial charge in [0.2, 0.25) is 0 Å². The molecule has 4 bridgehead atoms. The zero-order chi connectivity index (χ0) is 35.8. The Hall–Kier alpha value is -6.20. The van der Waals surface area contributed by atoms with Gasteiger partial charge in [0.15, 0.2) is 17.5 Å². The zero-order valence-electron chi connectivity index (χ0n) is 30.2. The van der Waals surface area contributed by atoms with Crippen molar-refractivity contribution in [3.8, 4) is 45.3 Å². The van der Waals surface area contributed by atoms with E-state index in [-0.39, 0.29) is 5.41 Å². The van der Waals surface area contributed by atoms with E-state index in [0.717, 1.165) is 61.2 Å². The van der Waals surface area contributed by atoms with E-state index in [1.165, 1.54) is 59.6 Å². The van der Waals surface area contributed by atoms with Gasteiger partial charge in [0.05, 0.1) is 0 Å². The van der Waals surface area contributed by atoms with Gasteiger partial charge in [0.1, 0.15) is 11.2 Å². The van der Waals surface area contributed by atoms with Gasteiger partial charge in [0, 0.05) is 50.8 Å². The molecule has 9 aromatic rings. The number of benzene rings is 6. The number of pyridine rings is 1. The molecule has 3 heterocycles. The number of aromatic nitrogens is 4. The average molecular weight is 709 g/mol. The fourth-order valence-corrected chi connectivity index (χ4v) is 12.2. The molecule has 5 heteroatoms. The van der Waals surface area contributed by atoms with Crippen molar-refractivity contribution in [3.05, 3.63) is 145 Å². The van der Waals surface area contributed by atoms with E-state index in [1.54, 1.807) is 11.8 Å². The van der Waals surface area contributed by atoms with Crippen LogP contribution < -0.4 is 0 Å². The molecule has 5 aliphatic carbocycles. The van der Waals surface area contributed by atoms with Crippen LogP contribution in [0.5, 0.6) is 0 Å². The van der Waals surface area contributed by atoms with Gasteiger partial charge < -0.3 is 4.42 Å². The van der Waals surface area contributed by atoms with Crippen LogP contribution in [-0.4, -0.2) is 19.9 Å². The van der Waals surface area contributed by atoms with Crippen molar-refractivity contribution in [1.29, 1.82) is 0 Å². The third-order valence-corrected chi connectivity index (χ3v) is 14.0. The van der Waals surface area contributed by atoms with E-state index in [1.807, 2.05) is 18.3 Å². The molecule has 4 saturated carbocycles. The summed E-state index contributed by atoms with van der Waals surface area (Å²) in [6.07, 6.45) is 10.4. The van der Waals surface area contributed by atoms with Crippen molar-refractivity contribution in [2.45, 2.75) is 37.5 Å². The maximum Gasteiger partial charge on any atom is 0.165 e. The highest BCUT2D eigenvalue weighted by Crippen LogP contribution is 2.71. The second-order valence-corrected chi connectivity index (χ2v) is 16.6. The van der Waals surface area contributed by atoms with Crippen molar-refractivity contribution in [2.24, 2.45) is 23.7 Å². The number of nitrogens with zero attached hydrogens (tertiary/aromatic N) is 4. The molecule has 1 spiro atoms. The molecule has 55 heavy (non-hydrogen) atoms. The molecule has 5 aliphatic rings.